The third-order valence-electron chi connectivity index (χ3n) is 3.10. The van der Waals surface area contributed by atoms with Crippen LogP contribution in [0.1, 0.15) is 31.9 Å². The van der Waals surface area contributed by atoms with E-state index in [0.29, 0.717) is 5.75 Å². The van der Waals surface area contributed by atoms with Crippen LogP contribution in [0, 0.1) is 0 Å². The van der Waals surface area contributed by atoms with Crippen molar-refractivity contribution in [2.45, 2.75) is 26.2 Å². The fourth-order valence-corrected chi connectivity index (χ4v) is 2.89. The van der Waals surface area contributed by atoms with Crippen molar-refractivity contribution in [1.82, 2.24) is 5.43 Å². The number of rotatable bonds is 5. The molecule has 2 aromatic rings. The Kier molecular flexibility index (Phi) is 5.96. The predicted molar refractivity (Wildman–Crippen MR) is 98.4 cm³/mol. The second-order valence-corrected chi connectivity index (χ2v) is 7.67. The minimum atomic E-state index is -0.303. The van der Waals surface area contributed by atoms with Crippen molar-refractivity contribution in [3.05, 3.63) is 50.6 Å². The molecule has 6 heteroatoms. The Hall–Kier alpha value is -1.66. The molecule has 122 valence electrons. The van der Waals surface area contributed by atoms with Gasteiger partial charge in [0.1, 0.15) is 5.75 Å². The van der Waals surface area contributed by atoms with Gasteiger partial charge in [-0.1, -0.05) is 26.8 Å². The number of hydrazone groups is 1. The summed E-state index contributed by atoms with van der Waals surface area (Å²) >= 11 is 5.06. The van der Waals surface area contributed by atoms with Crippen molar-refractivity contribution in [3.8, 4) is 5.75 Å². The molecule has 1 N–H and O–H groups in total. The molecule has 0 atom stereocenters. The van der Waals surface area contributed by atoms with Crippen molar-refractivity contribution < 1.29 is 9.53 Å². The predicted octanol–water partition coefficient (Wildman–Crippen LogP) is 4.34. The molecule has 0 bridgehead atoms. The van der Waals surface area contributed by atoms with E-state index in [1.165, 1.54) is 5.56 Å². The zero-order valence-electron chi connectivity index (χ0n) is 13.3. The van der Waals surface area contributed by atoms with E-state index >= 15 is 0 Å². The van der Waals surface area contributed by atoms with Crippen molar-refractivity contribution >= 4 is 39.4 Å². The number of hydrogen-bond acceptors (Lipinski definition) is 4. The maximum atomic E-state index is 11.7. The molecule has 1 aromatic carbocycles. The highest BCUT2D eigenvalue weighted by Crippen LogP contribution is 2.31. The standard InChI is InChI=1S/C17H19BrN2O2S/c1-17(2,3)13-4-5-15(14(18)8-13)22-10-16(21)20-19-9-12-6-7-23-11-12/h4-9,11H,10H2,1-3H3,(H,20,21). The summed E-state index contributed by atoms with van der Waals surface area (Å²) in [5.74, 6) is 0.332. The van der Waals surface area contributed by atoms with Crippen molar-refractivity contribution in [1.29, 1.82) is 0 Å². The van der Waals surface area contributed by atoms with Gasteiger partial charge in [0.2, 0.25) is 0 Å². The molecule has 2 rings (SSSR count). The quantitative estimate of drug-likeness (QED) is 0.605. The van der Waals surface area contributed by atoms with E-state index in [4.69, 9.17) is 4.74 Å². The van der Waals surface area contributed by atoms with Crippen LogP contribution in [0.25, 0.3) is 0 Å². The smallest absolute Gasteiger partial charge is 0.277 e. The molecule has 1 amide bonds. The number of ether oxygens (including phenoxy) is 1. The molecular weight excluding hydrogens is 376 g/mol. The third-order valence-corrected chi connectivity index (χ3v) is 4.42. The van der Waals surface area contributed by atoms with Gasteiger partial charge in [-0.15, -0.1) is 0 Å². The number of hydrogen-bond donors (Lipinski definition) is 1. The van der Waals surface area contributed by atoms with Gasteiger partial charge in [0.25, 0.3) is 5.91 Å². The topological polar surface area (TPSA) is 50.7 Å². The minimum absolute atomic E-state index is 0.0643. The van der Waals surface area contributed by atoms with Crippen LogP contribution >= 0.6 is 27.3 Å². The average Bonchev–Trinajstić information content (AvgIpc) is 2.98. The summed E-state index contributed by atoms with van der Waals surface area (Å²) in [5, 5.41) is 7.78. The zero-order valence-corrected chi connectivity index (χ0v) is 15.7. The van der Waals surface area contributed by atoms with Crippen LogP contribution in [0.3, 0.4) is 0 Å². The molecule has 0 fully saturated rings. The lowest BCUT2D eigenvalue weighted by atomic mass is 9.87. The molecule has 0 unspecified atom stereocenters. The number of benzene rings is 1. The molecule has 0 radical (unpaired) electrons. The SMILES string of the molecule is CC(C)(C)c1ccc(OCC(=O)NN=Cc2ccsc2)c(Br)c1. The number of halogens is 1. The maximum Gasteiger partial charge on any atom is 0.277 e. The van der Waals surface area contributed by atoms with Crippen molar-refractivity contribution in [2.75, 3.05) is 6.61 Å². The van der Waals surface area contributed by atoms with Crippen LogP contribution in [-0.4, -0.2) is 18.7 Å². The van der Waals surface area contributed by atoms with E-state index in [9.17, 15) is 4.79 Å². The van der Waals surface area contributed by atoms with Crippen molar-refractivity contribution in [2.24, 2.45) is 5.10 Å². The Bertz CT molecular complexity index is 691. The highest BCUT2D eigenvalue weighted by atomic mass is 79.9. The van der Waals surface area contributed by atoms with Crippen LogP contribution in [0.2, 0.25) is 0 Å². The molecule has 0 aliphatic carbocycles. The molecular formula is C17H19BrN2O2S. The van der Waals surface area contributed by atoms with Gasteiger partial charge in [-0.3, -0.25) is 4.79 Å². The van der Waals surface area contributed by atoms with Crippen LogP contribution in [0.5, 0.6) is 5.75 Å². The van der Waals surface area contributed by atoms with E-state index in [2.05, 4.69) is 47.2 Å². The first-order chi connectivity index (χ1) is 10.9. The lowest BCUT2D eigenvalue weighted by molar-refractivity contribution is -0.123. The summed E-state index contributed by atoms with van der Waals surface area (Å²) in [4.78, 5) is 11.7. The van der Waals surface area contributed by atoms with Gasteiger partial charge in [0, 0.05) is 5.56 Å². The Labute approximate surface area is 148 Å². The first kappa shape index (κ1) is 17.7. The highest BCUT2D eigenvalue weighted by molar-refractivity contribution is 9.10. The summed E-state index contributed by atoms with van der Waals surface area (Å²) in [6.45, 7) is 6.35. The average molecular weight is 395 g/mol. The van der Waals surface area contributed by atoms with Crippen LogP contribution in [0.4, 0.5) is 0 Å². The summed E-state index contributed by atoms with van der Waals surface area (Å²) in [5.41, 5.74) is 4.66. The van der Waals surface area contributed by atoms with E-state index in [1.54, 1.807) is 17.6 Å². The lowest BCUT2D eigenvalue weighted by Crippen LogP contribution is -2.24. The lowest BCUT2D eigenvalue weighted by Gasteiger charge is -2.20. The summed E-state index contributed by atoms with van der Waals surface area (Å²) < 4.78 is 6.36. The fourth-order valence-electron chi connectivity index (χ4n) is 1.79. The van der Waals surface area contributed by atoms with E-state index < -0.39 is 0 Å². The summed E-state index contributed by atoms with van der Waals surface area (Å²) in [6, 6.07) is 7.81. The monoisotopic (exact) mass is 394 g/mol. The van der Waals surface area contributed by atoms with E-state index in [-0.39, 0.29) is 17.9 Å². The van der Waals surface area contributed by atoms with Gasteiger partial charge in [-0.25, -0.2) is 5.43 Å². The maximum absolute atomic E-state index is 11.7. The van der Waals surface area contributed by atoms with Crippen LogP contribution < -0.4 is 10.2 Å². The van der Waals surface area contributed by atoms with E-state index in [0.717, 1.165) is 10.0 Å². The van der Waals surface area contributed by atoms with Crippen molar-refractivity contribution in [3.63, 3.8) is 0 Å². The summed E-state index contributed by atoms with van der Waals surface area (Å²) in [7, 11) is 0. The molecule has 0 aliphatic heterocycles. The number of carbonyl (C=O) groups excluding carboxylic acids is 1. The first-order valence-electron chi connectivity index (χ1n) is 7.13. The molecule has 1 heterocycles. The Morgan fingerprint density at radius 1 is 1.39 bits per heavy atom. The Morgan fingerprint density at radius 3 is 2.78 bits per heavy atom. The first-order valence-corrected chi connectivity index (χ1v) is 8.87. The highest BCUT2D eigenvalue weighted by Gasteiger charge is 2.15. The molecule has 1 aromatic heterocycles. The largest absolute Gasteiger partial charge is 0.483 e. The number of carbonyl (C=O) groups is 1. The Balaban J connectivity index is 1.87. The van der Waals surface area contributed by atoms with Crippen LogP contribution in [0.15, 0.2) is 44.6 Å². The van der Waals surface area contributed by atoms with Gasteiger partial charge in [-0.05, 0) is 55.9 Å². The minimum Gasteiger partial charge on any atom is -0.483 e. The molecule has 4 nitrogen and oxygen atoms in total. The number of nitrogens with one attached hydrogen (secondary N) is 1. The molecule has 23 heavy (non-hydrogen) atoms. The number of thiophene rings is 1. The fraction of sp³-hybridized carbons (Fsp3) is 0.294. The molecule has 0 spiro atoms. The van der Waals surface area contributed by atoms with Gasteiger partial charge < -0.3 is 4.74 Å². The molecule has 0 saturated heterocycles. The molecule has 0 aliphatic rings. The second kappa shape index (κ2) is 7.75. The van der Waals surface area contributed by atoms with Gasteiger partial charge in [0.05, 0.1) is 10.7 Å². The normalized spacial score (nSPS) is 11.7. The van der Waals surface area contributed by atoms with Gasteiger partial charge in [-0.2, -0.15) is 16.4 Å². The Morgan fingerprint density at radius 2 is 2.17 bits per heavy atom. The number of nitrogens with zero attached hydrogens (tertiary/aromatic N) is 1. The van der Waals surface area contributed by atoms with Crippen LogP contribution in [-0.2, 0) is 10.2 Å². The van der Waals surface area contributed by atoms with E-state index in [1.807, 2.05) is 35.0 Å². The zero-order chi connectivity index (χ0) is 16.9. The third kappa shape index (κ3) is 5.48. The van der Waals surface area contributed by atoms with Gasteiger partial charge in [0.15, 0.2) is 6.61 Å². The second-order valence-electron chi connectivity index (χ2n) is 6.03. The molecule has 0 saturated carbocycles. The van der Waals surface area contributed by atoms with Gasteiger partial charge >= 0.3 is 0 Å². The summed E-state index contributed by atoms with van der Waals surface area (Å²) in [6.07, 6.45) is 1.60. The number of amides is 1.